The first-order valence-electron chi connectivity index (χ1n) is 6.54. The molecule has 1 unspecified atom stereocenters. The van der Waals surface area contributed by atoms with Gasteiger partial charge in [0.15, 0.2) is 0 Å². The van der Waals surface area contributed by atoms with Gasteiger partial charge in [-0.2, -0.15) is 9.57 Å². The van der Waals surface area contributed by atoms with Crippen molar-refractivity contribution in [2.75, 3.05) is 12.3 Å². The second-order valence-electron chi connectivity index (χ2n) is 5.46. The number of nitrogens with zero attached hydrogens (tertiary/aromatic N) is 2. The molecule has 0 aromatic heterocycles. The van der Waals surface area contributed by atoms with E-state index in [-0.39, 0.29) is 12.3 Å². The van der Waals surface area contributed by atoms with Crippen LogP contribution in [0.1, 0.15) is 38.5 Å². The summed E-state index contributed by atoms with van der Waals surface area (Å²) in [5.41, 5.74) is -0.815. The molecule has 6 nitrogen and oxygen atoms in total. The fourth-order valence-corrected chi connectivity index (χ4v) is 5.30. The minimum atomic E-state index is -3.68. The Hall–Kier alpha value is -1.13. The molecule has 0 spiro atoms. The van der Waals surface area contributed by atoms with Crippen LogP contribution in [0.3, 0.4) is 0 Å². The standard InChI is InChI=1S/C12H18N2O4S/c13-8-12(5-1-2-6-12)9-19(17,18)14-7-3-4-10(14)11(15)16/h10H,1-7,9H2,(H,15,16). The molecule has 2 aliphatic rings. The second kappa shape index (κ2) is 5.10. The molecule has 106 valence electrons. The summed E-state index contributed by atoms with van der Waals surface area (Å²) in [6, 6.07) is 1.19. The van der Waals surface area contributed by atoms with Crippen LogP contribution in [-0.4, -0.2) is 42.1 Å². The van der Waals surface area contributed by atoms with Gasteiger partial charge in [-0.05, 0) is 25.7 Å². The van der Waals surface area contributed by atoms with Gasteiger partial charge in [0, 0.05) is 6.54 Å². The Morgan fingerprint density at radius 2 is 2.00 bits per heavy atom. The zero-order valence-electron chi connectivity index (χ0n) is 10.7. The predicted molar refractivity (Wildman–Crippen MR) is 67.7 cm³/mol. The van der Waals surface area contributed by atoms with Crippen molar-refractivity contribution >= 4 is 16.0 Å². The highest BCUT2D eigenvalue weighted by Gasteiger charge is 2.45. The molecule has 1 aliphatic carbocycles. The van der Waals surface area contributed by atoms with Crippen LogP contribution in [0.25, 0.3) is 0 Å². The molecule has 1 saturated carbocycles. The van der Waals surface area contributed by atoms with Crippen LogP contribution in [0.2, 0.25) is 0 Å². The van der Waals surface area contributed by atoms with E-state index in [4.69, 9.17) is 5.11 Å². The summed E-state index contributed by atoms with van der Waals surface area (Å²) in [5, 5.41) is 18.3. The van der Waals surface area contributed by atoms with Gasteiger partial charge in [-0.1, -0.05) is 12.8 Å². The zero-order chi connectivity index (χ0) is 14.1. The van der Waals surface area contributed by atoms with Crippen molar-refractivity contribution in [3.05, 3.63) is 0 Å². The SMILES string of the molecule is N#CC1(CS(=O)(=O)N2CCCC2C(=O)O)CCCC1. The Balaban J connectivity index is 2.19. The van der Waals surface area contributed by atoms with Crippen LogP contribution in [0.15, 0.2) is 0 Å². The van der Waals surface area contributed by atoms with Crippen molar-refractivity contribution < 1.29 is 18.3 Å². The van der Waals surface area contributed by atoms with E-state index in [9.17, 15) is 18.5 Å². The normalized spacial score (nSPS) is 27.2. The van der Waals surface area contributed by atoms with E-state index < -0.39 is 27.4 Å². The molecule has 2 fully saturated rings. The number of nitriles is 1. The Morgan fingerprint density at radius 3 is 2.53 bits per heavy atom. The van der Waals surface area contributed by atoms with Gasteiger partial charge in [-0.15, -0.1) is 0 Å². The highest BCUT2D eigenvalue weighted by Crippen LogP contribution is 2.39. The third-order valence-corrected chi connectivity index (χ3v) is 6.17. The average Bonchev–Trinajstić information content (AvgIpc) is 2.96. The van der Waals surface area contributed by atoms with Gasteiger partial charge in [0.2, 0.25) is 10.0 Å². The third-order valence-electron chi connectivity index (χ3n) is 4.10. The Bertz CT molecular complexity index is 502. The fourth-order valence-electron chi connectivity index (χ4n) is 3.09. The summed E-state index contributed by atoms with van der Waals surface area (Å²) < 4.78 is 25.8. The van der Waals surface area contributed by atoms with Crippen molar-refractivity contribution in [1.82, 2.24) is 4.31 Å². The Labute approximate surface area is 113 Å². The molecule has 0 bridgehead atoms. The number of hydrogen-bond acceptors (Lipinski definition) is 4. The van der Waals surface area contributed by atoms with E-state index in [1.54, 1.807) is 0 Å². The van der Waals surface area contributed by atoms with E-state index >= 15 is 0 Å². The lowest BCUT2D eigenvalue weighted by Gasteiger charge is -2.26. The zero-order valence-corrected chi connectivity index (χ0v) is 11.5. The molecule has 0 radical (unpaired) electrons. The van der Waals surface area contributed by atoms with E-state index in [2.05, 4.69) is 6.07 Å². The van der Waals surface area contributed by atoms with E-state index in [1.165, 1.54) is 0 Å². The molecule has 1 aliphatic heterocycles. The maximum atomic E-state index is 12.4. The van der Waals surface area contributed by atoms with E-state index in [1.807, 2.05) is 0 Å². The Morgan fingerprint density at radius 1 is 1.37 bits per heavy atom. The predicted octanol–water partition coefficient (Wildman–Crippen LogP) is 0.949. The number of sulfonamides is 1. The van der Waals surface area contributed by atoms with Crippen molar-refractivity contribution in [1.29, 1.82) is 5.26 Å². The van der Waals surface area contributed by atoms with Crippen LogP contribution < -0.4 is 0 Å². The number of aliphatic carboxylic acids is 1. The minimum absolute atomic E-state index is 0.236. The van der Waals surface area contributed by atoms with Gasteiger partial charge in [-0.25, -0.2) is 8.42 Å². The Kier molecular flexibility index (Phi) is 3.83. The van der Waals surface area contributed by atoms with Gasteiger partial charge in [-0.3, -0.25) is 4.79 Å². The lowest BCUT2D eigenvalue weighted by molar-refractivity contribution is -0.140. The van der Waals surface area contributed by atoms with Crippen molar-refractivity contribution in [2.45, 2.75) is 44.6 Å². The van der Waals surface area contributed by atoms with Gasteiger partial charge in [0.05, 0.1) is 17.2 Å². The third kappa shape index (κ3) is 2.74. The smallest absolute Gasteiger partial charge is 0.322 e. The average molecular weight is 286 g/mol. The van der Waals surface area contributed by atoms with Gasteiger partial charge < -0.3 is 5.11 Å². The van der Waals surface area contributed by atoms with Crippen LogP contribution in [0, 0.1) is 16.7 Å². The summed E-state index contributed by atoms with van der Waals surface area (Å²) in [6.45, 7) is 0.251. The van der Waals surface area contributed by atoms with Gasteiger partial charge >= 0.3 is 5.97 Å². The van der Waals surface area contributed by atoms with E-state index in [0.717, 1.165) is 17.1 Å². The molecule has 1 saturated heterocycles. The van der Waals surface area contributed by atoms with Gasteiger partial charge in [0.1, 0.15) is 6.04 Å². The number of hydrogen-bond donors (Lipinski definition) is 1. The molecular formula is C12H18N2O4S. The first-order valence-corrected chi connectivity index (χ1v) is 8.15. The van der Waals surface area contributed by atoms with E-state index in [0.29, 0.717) is 25.7 Å². The molecule has 0 amide bonds. The van der Waals surface area contributed by atoms with Crippen LogP contribution in [-0.2, 0) is 14.8 Å². The van der Waals surface area contributed by atoms with Crippen molar-refractivity contribution in [2.24, 2.45) is 5.41 Å². The monoisotopic (exact) mass is 286 g/mol. The molecule has 1 N–H and O–H groups in total. The molecular weight excluding hydrogens is 268 g/mol. The van der Waals surface area contributed by atoms with Crippen LogP contribution in [0.4, 0.5) is 0 Å². The highest BCUT2D eigenvalue weighted by atomic mass is 32.2. The summed E-state index contributed by atoms with van der Waals surface area (Å²) in [6.07, 6.45) is 3.84. The largest absolute Gasteiger partial charge is 0.480 e. The van der Waals surface area contributed by atoms with Crippen LogP contribution >= 0.6 is 0 Å². The maximum Gasteiger partial charge on any atom is 0.322 e. The molecule has 7 heteroatoms. The highest BCUT2D eigenvalue weighted by molar-refractivity contribution is 7.89. The lowest BCUT2D eigenvalue weighted by atomic mass is 9.91. The summed E-state index contributed by atoms with van der Waals surface area (Å²) in [7, 11) is -3.68. The van der Waals surface area contributed by atoms with Gasteiger partial charge in [0.25, 0.3) is 0 Å². The molecule has 2 rings (SSSR count). The summed E-state index contributed by atoms with van der Waals surface area (Å²) >= 11 is 0. The first kappa shape index (κ1) is 14.3. The number of carboxylic acid groups (broad SMARTS) is 1. The van der Waals surface area contributed by atoms with Crippen LogP contribution in [0.5, 0.6) is 0 Å². The number of carbonyl (C=O) groups is 1. The number of rotatable bonds is 4. The summed E-state index contributed by atoms with van der Waals surface area (Å²) in [4.78, 5) is 11.1. The maximum absolute atomic E-state index is 12.4. The molecule has 1 heterocycles. The fraction of sp³-hybridized carbons (Fsp3) is 0.833. The topological polar surface area (TPSA) is 98.5 Å². The van der Waals surface area contributed by atoms with Crippen molar-refractivity contribution in [3.8, 4) is 6.07 Å². The summed E-state index contributed by atoms with van der Waals surface area (Å²) in [5.74, 6) is -1.33. The molecule has 1 atom stereocenters. The molecule has 0 aromatic rings. The van der Waals surface area contributed by atoms with Crippen molar-refractivity contribution in [3.63, 3.8) is 0 Å². The molecule has 19 heavy (non-hydrogen) atoms. The molecule has 0 aromatic carbocycles. The number of carboxylic acids is 1. The lowest BCUT2D eigenvalue weighted by Crippen LogP contribution is -2.44. The minimum Gasteiger partial charge on any atom is -0.480 e. The second-order valence-corrected chi connectivity index (χ2v) is 7.38. The quantitative estimate of drug-likeness (QED) is 0.829. The first-order chi connectivity index (χ1) is 8.90.